The Morgan fingerprint density at radius 2 is 0.517 bits per heavy atom. The fourth-order valence-corrected chi connectivity index (χ4v) is 12.2. The number of phosphoric acid groups is 2. The average molecular weight is 1310 g/mol. The van der Waals surface area contributed by atoms with Gasteiger partial charge in [-0.05, 0) is 37.5 Å². The van der Waals surface area contributed by atoms with Crippen molar-refractivity contribution in [3.8, 4) is 0 Å². The number of hydrogen-bond donors (Lipinski definition) is 3. The van der Waals surface area contributed by atoms with Crippen molar-refractivity contribution in [2.24, 2.45) is 11.8 Å². The van der Waals surface area contributed by atoms with E-state index in [1.807, 2.05) is 0 Å². The summed E-state index contributed by atoms with van der Waals surface area (Å²) in [5, 5.41) is 10.6. The predicted molar refractivity (Wildman–Crippen MR) is 358 cm³/mol. The van der Waals surface area contributed by atoms with Gasteiger partial charge in [-0.15, -0.1) is 0 Å². The zero-order chi connectivity index (χ0) is 65.7. The molecule has 5 atom stereocenters. The zero-order valence-electron chi connectivity index (χ0n) is 57.7. The molecule has 0 aliphatic carbocycles. The Kier molecular flexibility index (Phi) is 60.8. The lowest BCUT2D eigenvalue weighted by molar-refractivity contribution is -0.161. The molecule has 528 valence electrons. The van der Waals surface area contributed by atoms with Crippen LogP contribution in [0.1, 0.15) is 356 Å². The van der Waals surface area contributed by atoms with Crippen LogP contribution in [0.3, 0.4) is 0 Å². The summed E-state index contributed by atoms with van der Waals surface area (Å²) >= 11 is 0. The van der Waals surface area contributed by atoms with Gasteiger partial charge >= 0.3 is 39.5 Å². The van der Waals surface area contributed by atoms with E-state index >= 15 is 0 Å². The third-order valence-corrected chi connectivity index (χ3v) is 18.1. The normalized spacial score (nSPS) is 14.1. The summed E-state index contributed by atoms with van der Waals surface area (Å²) in [6.45, 7) is 9.45. The van der Waals surface area contributed by atoms with Gasteiger partial charge in [-0.25, -0.2) is 9.13 Å². The first-order chi connectivity index (χ1) is 42.9. The standard InChI is InChI=1S/C70H136O17P2/c1-7-9-11-13-15-17-19-21-22-23-24-26-28-35-42-48-54-69(74)86-65(58-80-67(72)52-46-40-34-27-25-20-18-16-14-12-10-8-2)60-84-88(76,77)82-56-64(71)57-83-89(78,79)85-61-66(59-81-68(73)53-47-41-37-31-33-39-45-51-63(5)6)87-70(75)55-49-43-36-30-29-32-38-44-50-62(3)4/h62-66,71H,7-61H2,1-6H3,(H,76,77)(H,78,79)/t64-,65-,66-/m1/s1. The van der Waals surface area contributed by atoms with E-state index in [-0.39, 0.29) is 25.7 Å². The predicted octanol–water partition coefficient (Wildman–Crippen LogP) is 20.0. The minimum Gasteiger partial charge on any atom is -0.462 e. The van der Waals surface area contributed by atoms with E-state index in [0.29, 0.717) is 31.6 Å². The van der Waals surface area contributed by atoms with Crippen LogP contribution in [0.5, 0.6) is 0 Å². The Hall–Kier alpha value is -1.94. The average Bonchev–Trinajstić information content (AvgIpc) is 3.71. The van der Waals surface area contributed by atoms with Crippen molar-refractivity contribution >= 4 is 39.5 Å². The molecule has 2 unspecified atom stereocenters. The van der Waals surface area contributed by atoms with E-state index in [1.54, 1.807) is 0 Å². The number of unbranched alkanes of at least 4 members (excludes halogenated alkanes) is 39. The van der Waals surface area contributed by atoms with E-state index in [4.69, 9.17) is 37.0 Å². The van der Waals surface area contributed by atoms with Crippen molar-refractivity contribution in [2.75, 3.05) is 39.6 Å². The number of carbonyl (C=O) groups excluding carboxylic acids is 4. The molecule has 0 saturated heterocycles. The summed E-state index contributed by atoms with van der Waals surface area (Å²) in [5.41, 5.74) is 0. The molecule has 0 aromatic heterocycles. The molecule has 0 bridgehead atoms. The first kappa shape index (κ1) is 87.1. The van der Waals surface area contributed by atoms with Crippen LogP contribution in [0.15, 0.2) is 0 Å². The third-order valence-electron chi connectivity index (χ3n) is 16.2. The van der Waals surface area contributed by atoms with Crippen molar-refractivity contribution in [3.05, 3.63) is 0 Å². The zero-order valence-corrected chi connectivity index (χ0v) is 59.5. The number of ether oxygens (including phenoxy) is 4. The van der Waals surface area contributed by atoms with Crippen LogP contribution >= 0.6 is 15.6 Å². The van der Waals surface area contributed by atoms with Gasteiger partial charge in [-0.3, -0.25) is 37.3 Å². The van der Waals surface area contributed by atoms with E-state index in [1.165, 1.54) is 167 Å². The van der Waals surface area contributed by atoms with Gasteiger partial charge in [-0.2, -0.15) is 0 Å². The Morgan fingerprint density at radius 3 is 0.764 bits per heavy atom. The van der Waals surface area contributed by atoms with Crippen molar-refractivity contribution < 1.29 is 80.2 Å². The topological polar surface area (TPSA) is 237 Å². The Morgan fingerprint density at radius 1 is 0.303 bits per heavy atom. The van der Waals surface area contributed by atoms with E-state index in [0.717, 1.165) is 102 Å². The quantitative estimate of drug-likeness (QED) is 0.0222. The Labute approximate surface area is 543 Å². The van der Waals surface area contributed by atoms with Crippen molar-refractivity contribution in [1.29, 1.82) is 0 Å². The molecular formula is C70H136O17P2. The smallest absolute Gasteiger partial charge is 0.462 e. The van der Waals surface area contributed by atoms with Gasteiger partial charge in [0.25, 0.3) is 0 Å². The highest BCUT2D eigenvalue weighted by molar-refractivity contribution is 7.47. The molecule has 19 heteroatoms. The van der Waals surface area contributed by atoms with Crippen LogP contribution in [0.25, 0.3) is 0 Å². The maximum atomic E-state index is 13.0. The number of carbonyl (C=O) groups is 4. The minimum absolute atomic E-state index is 0.104. The summed E-state index contributed by atoms with van der Waals surface area (Å²) in [6, 6.07) is 0. The lowest BCUT2D eigenvalue weighted by Crippen LogP contribution is -2.30. The van der Waals surface area contributed by atoms with E-state index in [9.17, 15) is 43.2 Å². The van der Waals surface area contributed by atoms with Gasteiger partial charge in [-0.1, -0.05) is 305 Å². The summed E-state index contributed by atoms with van der Waals surface area (Å²) in [5.74, 6) is -0.702. The summed E-state index contributed by atoms with van der Waals surface area (Å²) in [6.07, 6.45) is 47.2. The molecule has 0 rings (SSSR count). The number of esters is 4. The molecule has 0 heterocycles. The number of aliphatic hydroxyl groups excluding tert-OH is 1. The van der Waals surface area contributed by atoms with Gasteiger partial charge in [0.1, 0.15) is 19.3 Å². The first-order valence-corrected chi connectivity index (χ1v) is 39.5. The molecule has 89 heavy (non-hydrogen) atoms. The third kappa shape index (κ3) is 64.6. The molecule has 0 radical (unpaired) electrons. The van der Waals surface area contributed by atoms with Crippen LogP contribution in [0, 0.1) is 11.8 Å². The van der Waals surface area contributed by atoms with Crippen molar-refractivity contribution in [2.45, 2.75) is 374 Å². The highest BCUT2D eigenvalue weighted by Crippen LogP contribution is 2.45. The summed E-state index contributed by atoms with van der Waals surface area (Å²) in [4.78, 5) is 72.5. The van der Waals surface area contributed by atoms with Crippen molar-refractivity contribution in [1.82, 2.24) is 0 Å². The van der Waals surface area contributed by atoms with Gasteiger partial charge < -0.3 is 33.8 Å². The second-order valence-corrected chi connectivity index (χ2v) is 29.1. The van der Waals surface area contributed by atoms with E-state index < -0.39 is 97.5 Å². The van der Waals surface area contributed by atoms with Crippen LogP contribution in [0.2, 0.25) is 0 Å². The van der Waals surface area contributed by atoms with E-state index in [2.05, 4.69) is 41.5 Å². The maximum absolute atomic E-state index is 13.0. The monoisotopic (exact) mass is 1310 g/mol. The molecule has 0 aromatic rings. The van der Waals surface area contributed by atoms with Crippen LogP contribution in [-0.2, 0) is 65.4 Å². The number of phosphoric ester groups is 2. The molecule has 0 aliphatic heterocycles. The molecule has 0 aromatic carbocycles. The number of hydrogen-bond acceptors (Lipinski definition) is 15. The highest BCUT2D eigenvalue weighted by atomic mass is 31.2. The molecule has 0 fully saturated rings. The molecular weight excluding hydrogens is 1170 g/mol. The first-order valence-electron chi connectivity index (χ1n) is 36.5. The van der Waals surface area contributed by atoms with Crippen LogP contribution < -0.4 is 0 Å². The lowest BCUT2D eigenvalue weighted by atomic mass is 10.0. The summed E-state index contributed by atoms with van der Waals surface area (Å²) < 4.78 is 68.3. The lowest BCUT2D eigenvalue weighted by Gasteiger charge is -2.21. The van der Waals surface area contributed by atoms with Gasteiger partial charge in [0.05, 0.1) is 26.4 Å². The number of aliphatic hydroxyl groups is 1. The molecule has 0 aliphatic rings. The second kappa shape index (κ2) is 62.2. The number of rotatable bonds is 69. The largest absolute Gasteiger partial charge is 0.472 e. The molecule has 0 saturated carbocycles. The molecule has 3 N–H and O–H groups in total. The van der Waals surface area contributed by atoms with Crippen LogP contribution in [-0.4, -0.2) is 96.7 Å². The molecule has 17 nitrogen and oxygen atoms in total. The van der Waals surface area contributed by atoms with Gasteiger partial charge in [0.2, 0.25) is 0 Å². The summed E-state index contributed by atoms with van der Waals surface area (Å²) in [7, 11) is -9.90. The molecule has 0 spiro atoms. The Bertz CT molecular complexity index is 1730. The van der Waals surface area contributed by atoms with Crippen molar-refractivity contribution in [3.63, 3.8) is 0 Å². The second-order valence-electron chi connectivity index (χ2n) is 26.2. The van der Waals surface area contributed by atoms with Gasteiger partial charge in [0.15, 0.2) is 12.2 Å². The van der Waals surface area contributed by atoms with Crippen LogP contribution in [0.4, 0.5) is 0 Å². The maximum Gasteiger partial charge on any atom is 0.472 e. The minimum atomic E-state index is -4.95. The SMILES string of the molecule is CCCCCCCCCCCCCCCCCCC(=O)O[C@H](COC(=O)CCCCCCCCCCCCCC)COP(=O)(O)OC[C@@H](O)COP(=O)(O)OC[C@@H](COC(=O)CCCCCCCCCC(C)C)OC(=O)CCCCCCCCCCC(C)C. The molecule has 0 amide bonds. The fraction of sp³-hybridized carbons (Fsp3) is 0.943. The van der Waals surface area contributed by atoms with Gasteiger partial charge in [0, 0.05) is 25.7 Å². The highest BCUT2D eigenvalue weighted by Gasteiger charge is 2.30. The Balaban J connectivity index is 5.24. The fourth-order valence-electron chi connectivity index (χ4n) is 10.6.